The summed E-state index contributed by atoms with van der Waals surface area (Å²) in [5.41, 5.74) is 4.63. The monoisotopic (exact) mass is 313 g/mol. The van der Waals surface area contributed by atoms with Crippen molar-refractivity contribution < 1.29 is 9.53 Å². The van der Waals surface area contributed by atoms with Crippen molar-refractivity contribution in [3.63, 3.8) is 0 Å². The number of benzene rings is 1. The molecule has 23 heavy (non-hydrogen) atoms. The quantitative estimate of drug-likeness (QED) is 0.631. The molecular formula is C18H23N3O2. The molecule has 0 aliphatic carbocycles. The maximum Gasteiger partial charge on any atom is 0.277 e. The molecule has 5 nitrogen and oxygen atoms in total. The van der Waals surface area contributed by atoms with Gasteiger partial charge in [0.25, 0.3) is 5.91 Å². The number of amides is 1. The van der Waals surface area contributed by atoms with Gasteiger partial charge >= 0.3 is 0 Å². The third-order valence-electron chi connectivity index (χ3n) is 3.80. The second kappa shape index (κ2) is 8.17. The number of nitrogens with zero attached hydrogens (tertiary/aromatic N) is 2. The van der Waals surface area contributed by atoms with Crippen LogP contribution in [0.1, 0.15) is 37.4 Å². The Morgan fingerprint density at radius 1 is 1.35 bits per heavy atom. The van der Waals surface area contributed by atoms with Gasteiger partial charge in [-0.1, -0.05) is 26.0 Å². The van der Waals surface area contributed by atoms with Crippen LogP contribution in [0.4, 0.5) is 0 Å². The Morgan fingerprint density at radius 3 is 2.70 bits per heavy atom. The second-order valence-electron chi connectivity index (χ2n) is 5.50. The fourth-order valence-electron chi connectivity index (χ4n) is 2.09. The van der Waals surface area contributed by atoms with Crippen LogP contribution in [0.5, 0.6) is 5.75 Å². The highest BCUT2D eigenvalue weighted by Gasteiger charge is 2.04. The highest BCUT2D eigenvalue weighted by molar-refractivity contribution is 5.81. The summed E-state index contributed by atoms with van der Waals surface area (Å²) in [7, 11) is 1.91. The number of hydrazone groups is 1. The molecule has 5 heteroatoms. The SMILES string of the molecule is CC[C@H](C)c1ccc(OCC(=O)N/N=C/c2cccn2C)cc1. The van der Waals surface area contributed by atoms with E-state index in [9.17, 15) is 4.79 Å². The maximum atomic E-state index is 11.7. The van der Waals surface area contributed by atoms with Gasteiger partial charge in [0.15, 0.2) is 6.61 Å². The first-order chi connectivity index (χ1) is 11.1. The molecule has 0 saturated carbocycles. The predicted molar refractivity (Wildman–Crippen MR) is 91.8 cm³/mol. The van der Waals surface area contributed by atoms with Gasteiger partial charge in [-0.05, 0) is 42.2 Å². The molecule has 0 radical (unpaired) electrons. The van der Waals surface area contributed by atoms with Crippen LogP contribution in [0.3, 0.4) is 0 Å². The molecule has 1 atom stereocenters. The van der Waals surface area contributed by atoms with E-state index < -0.39 is 0 Å². The molecule has 2 aromatic rings. The van der Waals surface area contributed by atoms with E-state index in [2.05, 4.69) is 24.4 Å². The Hall–Kier alpha value is -2.56. The molecule has 2 rings (SSSR count). The second-order valence-corrected chi connectivity index (χ2v) is 5.50. The number of hydrogen-bond donors (Lipinski definition) is 1. The van der Waals surface area contributed by atoms with Gasteiger partial charge in [0.05, 0.1) is 11.9 Å². The Bertz CT molecular complexity index is 659. The maximum absolute atomic E-state index is 11.7. The summed E-state index contributed by atoms with van der Waals surface area (Å²) in [5.74, 6) is 0.916. The van der Waals surface area contributed by atoms with Crippen LogP contribution in [-0.4, -0.2) is 23.3 Å². The number of nitrogens with one attached hydrogen (secondary N) is 1. The lowest BCUT2D eigenvalue weighted by atomic mass is 9.99. The number of aromatic nitrogens is 1. The standard InChI is InChI=1S/C18H23N3O2/c1-4-14(2)15-7-9-17(10-8-15)23-13-18(22)20-19-12-16-6-5-11-21(16)3/h5-12,14H,4,13H2,1-3H3,(H,20,22)/b19-12+/t14-/m0/s1. The summed E-state index contributed by atoms with van der Waals surface area (Å²) in [6, 6.07) is 11.7. The average Bonchev–Trinajstić information content (AvgIpc) is 2.98. The molecule has 0 aliphatic rings. The molecule has 0 aliphatic heterocycles. The number of hydrogen-bond acceptors (Lipinski definition) is 3. The molecule has 1 amide bonds. The largest absolute Gasteiger partial charge is 0.484 e. The highest BCUT2D eigenvalue weighted by Crippen LogP contribution is 2.21. The van der Waals surface area contributed by atoms with E-state index in [4.69, 9.17) is 4.74 Å². The molecule has 0 bridgehead atoms. The van der Waals surface area contributed by atoms with E-state index >= 15 is 0 Å². The number of aryl methyl sites for hydroxylation is 1. The molecule has 0 fully saturated rings. The number of carbonyl (C=O) groups is 1. The van der Waals surface area contributed by atoms with E-state index in [-0.39, 0.29) is 12.5 Å². The van der Waals surface area contributed by atoms with Crippen LogP contribution in [-0.2, 0) is 11.8 Å². The van der Waals surface area contributed by atoms with Crippen LogP contribution in [0, 0.1) is 0 Å². The van der Waals surface area contributed by atoms with Crippen molar-refractivity contribution in [2.24, 2.45) is 12.1 Å². The first-order valence-electron chi connectivity index (χ1n) is 7.76. The Labute approximate surface area is 137 Å². The van der Waals surface area contributed by atoms with Gasteiger partial charge in [0.1, 0.15) is 5.75 Å². The van der Waals surface area contributed by atoms with Crippen LogP contribution in [0.2, 0.25) is 0 Å². The zero-order valence-corrected chi connectivity index (χ0v) is 13.8. The van der Waals surface area contributed by atoms with Crippen molar-refractivity contribution in [1.29, 1.82) is 0 Å². The number of rotatable bonds is 7. The topological polar surface area (TPSA) is 55.6 Å². The van der Waals surface area contributed by atoms with Crippen molar-refractivity contribution >= 4 is 12.1 Å². The fourth-order valence-corrected chi connectivity index (χ4v) is 2.09. The van der Waals surface area contributed by atoms with Crippen LogP contribution in [0.25, 0.3) is 0 Å². The van der Waals surface area contributed by atoms with E-state index in [0.717, 1.165) is 12.1 Å². The van der Waals surface area contributed by atoms with Gasteiger partial charge in [-0.25, -0.2) is 5.43 Å². The summed E-state index contributed by atoms with van der Waals surface area (Å²) in [4.78, 5) is 11.7. The molecular weight excluding hydrogens is 290 g/mol. The third kappa shape index (κ3) is 4.98. The van der Waals surface area contributed by atoms with Crippen molar-refractivity contribution in [2.45, 2.75) is 26.2 Å². The van der Waals surface area contributed by atoms with E-state index in [1.165, 1.54) is 5.56 Å². The van der Waals surface area contributed by atoms with E-state index in [0.29, 0.717) is 11.7 Å². The normalized spacial score (nSPS) is 12.3. The summed E-state index contributed by atoms with van der Waals surface area (Å²) in [5, 5.41) is 3.91. The van der Waals surface area contributed by atoms with Gasteiger partial charge in [-0.3, -0.25) is 4.79 Å². The molecule has 0 unspecified atom stereocenters. The number of carbonyl (C=O) groups excluding carboxylic acids is 1. The van der Waals surface area contributed by atoms with E-state index in [1.54, 1.807) is 6.21 Å². The van der Waals surface area contributed by atoms with Crippen molar-refractivity contribution in [3.8, 4) is 5.75 Å². The molecule has 1 aromatic carbocycles. The zero-order chi connectivity index (χ0) is 16.7. The summed E-state index contributed by atoms with van der Waals surface area (Å²) in [6.45, 7) is 4.29. The molecule has 1 aromatic heterocycles. The van der Waals surface area contributed by atoms with E-state index in [1.807, 2.05) is 54.2 Å². The van der Waals surface area contributed by atoms with Gasteiger partial charge in [-0.15, -0.1) is 0 Å². The average molecular weight is 313 g/mol. The first-order valence-corrected chi connectivity index (χ1v) is 7.76. The van der Waals surface area contributed by atoms with Crippen LogP contribution < -0.4 is 10.2 Å². The molecule has 0 spiro atoms. The minimum absolute atomic E-state index is 0.0623. The van der Waals surface area contributed by atoms with Gasteiger partial charge < -0.3 is 9.30 Å². The lowest BCUT2D eigenvalue weighted by Crippen LogP contribution is -2.24. The highest BCUT2D eigenvalue weighted by atomic mass is 16.5. The van der Waals surface area contributed by atoms with Crippen LogP contribution >= 0.6 is 0 Å². The minimum Gasteiger partial charge on any atom is -0.484 e. The smallest absolute Gasteiger partial charge is 0.277 e. The Balaban J connectivity index is 1.78. The summed E-state index contributed by atoms with van der Waals surface area (Å²) >= 11 is 0. The van der Waals surface area contributed by atoms with Gasteiger partial charge in [0.2, 0.25) is 0 Å². The summed E-state index contributed by atoms with van der Waals surface area (Å²) < 4.78 is 7.36. The lowest BCUT2D eigenvalue weighted by molar-refractivity contribution is -0.123. The van der Waals surface area contributed by atoms with Crippen LogP contribution in [0.15, 0.2) is 47.7 Å². The Kier molecular flexibility index (Phi) is 5.97. The molecule has 1 N–H and O–H groups in total. The number of ether oxygens (including phenoxy) is 1. The molecule has 1 heterocycles. The van der Waals surface area contributed by atoms with Gasteiger partial charge in [-0.2, -0.15) is 5.10 Å². The van der Waals surface area contributed by atoms with Gasteiger partial charge in [0, 0.05) is 13.2 Å². The van der Waals surface area contributed by atoms with Crippen molar-refractivity contribution in [3.05, 3.63) is 53.9 Å². The zero-order valence-electron chi connectivity index (χ0n) is 13.8. The first kappa shape index (κ1) is 16.8. The molecule has 122 valence electrons. The summed E-state index contributed by atoms with van der Waals surface area (Å²) in [6.07, 6.45) is 4.61. The fraction of sp³-hybridized carbons (Fsp3) is 0.333. The third-order valence-corrected chi connectivity index (χ3v) is 3.80. The predicted octanol–water partition coefficient (Wildman–Crippen LogP) is 3.07. The molecule has 0 saturated heterocycles. The lowest BCUT2D eigenvalue weighted by Gasteiger charge is -2.10. The van der Waals surface area contributed by atoms with Crippen molar-refractivity contribution in [2.75, 3.05) is 6.61 Å². The van der Waals surface area contributed by atoms with Crippen molar-refractivity contribution in [1.82, 2.24) is 9.99 Å². The Morgan fingerprint density at radius 2 is 2.09 bits per heavy atom. The minimum atomic E-state index is -0.290.